The lowest BCUT2D eigenvalue weighted by Crippen LogP contribution is -2.36. The number of hydrogen-bond acceptors (Lipinski definition) is 3. The van der Waals surface area contributed by atoms with Gasteiger partial charge in [0.1, 0.15) is 0 Å². The first-order chi connectivity index (χ1) is 12.9. The highest BCUT2D eigenvalue weighted by atomic mass is 35.5. The van der Waals surface area contributed by atoms with Crippen LogP contribution in [-0.4, -0.2) is 37.2 Å². The van der Waals surface area contributed by atoms with Crippen LogP contribution in [0.15, 0.2) is 42.0 Å². The summed E-state index contributed by atoms with van der Waals surface area (Å²) in [6.07, 6.45) is 4.15. The van der Waals surface area contributed by atoms with Crippen molar-refractivity contribution >= 4 is 25.6 Å². The van der Waals surface area contributed by atoms with E-state index in [-0.39, 0.29) is 11.9 Å². The highest BCUT2D eigenvalue weighted by Gasteiger charge is 2.33. The number of benzene rings is 1. The molecular weight excluding hydrogens is 388 g/mol. The fraction of sp³-hybridized carbons (Fsp3) is 0.609. The number of ether oxygens (including phenoxy) is 1. The summed E-state index contributed by atoms with van der Waals surface area (Å²) in [5, 5.41) is 10.9. The lowest BCUT2D eigenvalue weighted by atomic mass is 9.82. The van der Waals surface area contributed by atoms with Gasteiger partial charge in [0.25, 0.3) is 0 Å². The minimum Gasteiger partial charge on any atom is -0.466 e. The van der Waals surface area contributed by atoms with Crippen LogP contribution in [0.1, 0.15) is 38.7 Å². The molecule has 0 aromatic heterocycles. The minimum atomic E-state index is -1.38. The van der Waals surface area contributed by atoms with Crippen molar-refractivity contribution in [3.05, 3.63) is 47.5 Å². The molecule has 0 fully saturated rings. The number of alkyl halides is 1. The minimum absolute atomic E-state index is 0.0550. The van der Waals surface area contributed by atoms with E-state index in [1.54, 1.807) is 6.08 Å². The van der Waals surface area contributed by atoms with E-state index in [1.807, 2.05) is 32.0 Å². The number of carbonyl (C=O) groups excluding carboxylic acids is 1. The third-order valence-electron chi connectivity index (χ3n) is 4.97. The molecule has 0 bridgehead atoms. The zero-order valence-corrected chi connectivity index (χ0v) is 20.1. The summed E-state index contributed by atoms with van der Waals surface area (Å²) in [7, 11) is 0.0299. The normalized spacial score (nSPS) is 15.2. The summed E-state index contributed by atoms with van der Waals surface area (Å²) >= 11 is 6.66. The smallest absolute Gasteiger partial charge is 0.330 e. The fourth-order valence-corrected chi connectivity index (χ4v) is 5.51. The quantitative estimate of drug-likeness (QED) is 0.210. The van der Waals surface area contributed by atoms with E-state index in [0.29, 0.717) is 6.42 Å². The molecule has 1 N–H and O–H groups in total. The Morgan fingerprint density at radius 2 is 1.82 bits per heavy atom. The summed E-state index contributed by atoms with van der Waals surface area (Å²) in [5.41, 5.74) is 2.32. The van der Waals surface area contributed by atoms with Crippen molar-refractivity contribution in [2.45, 2.75) is 76.2 Å². The predicted octanol–water partition coefficient (Wildman–Crippen LogP) is 5.83. The first-order valence-corrected chi connectivity index (χ1v) is 14.2. The number of carbonyl (C=O) groups is 1. The number of allylic oxidation sites excluding steroid dienone is 1. The van der Waals surface area contributed by atoms with Crippen LogP contribution in [0.4, 0.5) is 0 Å². The van der Waals surface area contributed by atoms with Gasteiger partial charge in [-0.1, -0.05) is 55.5 Å². The van der Waals surface area contributed by atoms with Gasteiger partial charge >= 0.3 is 5.97 Å². The molecule has 1 rings (SSSR count). The van der Waals surface area contributed by atoms with Gasteiger partial charge in [-0.2, -0.15) is 0 Å². The molecule has 0 aliphatic heterocycles. The predicted molar refractivity (Wildman–Crippen MR) is 122 cm³/mol. The average Bonchev–Trinajstić information content (AvgIpc) is 2.58. The molecule has 2 atom stereocenters. The monoisotopic (exact) mass is 424 g/mol. The summed E-state index contributed by atoms with van der Waals surface area (Å²) in [4.78, 5) is 11.3. The van der Waals surface area contributed by atoms with Gasteiger partial charge in [0.2, 0.25) is 0 Å². The number of esters is 1. The van der Waals surface area contributed by atoms with Gasteiger partial charge in [0.15, 0.2) is 0 Å². The molecule has 0 radical (unpaired) electrons. The summed E-state index contributed by atoms with van der Waals surface area (Å²) in [6, 6.07) is 11.1. The second-order valence-corrected chi connectivity index (χ2v) is 15.8. The van der Waals surface area contributed by atoms with Crippen molar-refractivity contribution in [3.8, 4) is 0 Å². The Hall–Kier alpha value is -1.10. The number of halogens is 1. The summed E-state index contributed by atoms with van der Waals surface area (Å²) < 4.78 is 4.83. The molecule has 28 heavy (non-hydrogen) atoms. The van der Waals surface area contributed by atoms with Crippen LogP contribution in [0, 0.1) is 5.92 Å². The van der Waals surface area contributed by atoms with E-state index in [1.165, 1.54) is 12.7 Å². The zero-order valence-electron chi connectivity index (χ0n) is 18.3. The number of aliphatic hydroxyl groups is 1. The topological polar surface area (TPSA) is 46.5 Å². The van der Waals surface area contributed by atoms with E-state index < -0.39 is 19.1 Å². The highest BCUT2D eigenvalue weighted by Crippen LogP contribution is 2.35. The number of methoxy groups -OCH3 is 1. The second-order valence-electron chi connectivity index (χ2n) is 9.36. The van der Waals surface area contributed by atoms with Gasteiger partial charge in [-0.3, -0.25) is 0 Å². The van der Waals surface area contributed by atoms with Crippen LogP contribution in [0.5, 0.6) is 0 Å². The number of hydrogen-bond donors (Lipinski definition) is 1. The molecule has 0 aliphatic rings. The van der Waals surface area contributed by atoms with Crippen LogP contribution in [0.25, 0.3) is 0 Å². The van der Waals surface area contributed by atoms with E-state index in [4.69, 9.17) is 16.3 Å². The number of aryl methyl sites for hydroxylation is 1. The summed E-state index contributed by atoms with van der Waals surface area (Å²) in [6.45, 7) is 10.8. The standard InChI is InChI=1S/C23H37ClO3Si/c1-23(2,24)20(21(25)15-13-18-10-8-7-9-11-18)14-12-19(16-22(26)27-3)17-28(4,5)6/h7-11,16,20-21,25H,12-15,17H2,1-6H3/b19-16+. The van der Waals surface area contributed by atoms with Gasteiger partial charge in [-0.15, -0.1) is 11.6 Å². The van der Waals surface area contributed by atoms with Gasteiger partial charge in [0, 0.05) is 24.9 Å². The fourth-order valence-electron chi connectivity index (χ4n) is 3.61. The Bertz CT molecular complexity index is 629. The molecule has 3 nitrogen and oxygen atoms in total. The van der Waals surface area contributed by atoms with Crippen molar-refractivity contribution in [1.82, 2.24) is 0 Å². The molecule has 0 spiro atoms. The van der Waals surface area contributed by atoms with Crippen LogP contribution in [0.2, 0.25) is 25.7 Å². The third kappa shape index (κ3) is 9.90. The maximum atomic E-state index is 11.8. The molecule has 1 aromatic rings. The third-order valence-corrected chi connectivity index (χ3v) is 6.77. The Balaban J connectivity index is 2.82. The molecule has 5 heteroatoms. The SMILES string of the molecule is COC(=O)/C=C(\CCC(C(O)CCc1ccccc1)C(C)(C)Cl)C[Si](C)(C)C. The molecule has 2 unspecified atom stereocenters. The van der Waals surface area contributed by atoms with Crippen molar-refractivity contribution in [1.29, 1.82) is 0 Å². The molecule has 0 aliphatic carbocycles. The zero-order chi connectivity index (χ0) is 21.4. The van der Waals surface area contributed by atoms with E-state index in [0.717, 1.165) is 30.9 Å². The van der Waals surface area contributed by atoms with Crippen molar-refractivity contribution < 1.29 is 14.6 Å². The van der Waals surface area contributed by atoms with Gasteiger partial charge in [-0.05, 0) is 51.1 Å². The first-order valence-electron chi connectivity index (χ1n) is 10.1. The van der Waals surface area contributed by atoms with E-state index in [2.05, 4.69) is 31.8 Å². The maximum absolute atomic E-state index is 11.8. The Labute approximate surface area is 177 Å². The molecular formula is C23H37ClO3Si. The van der Waals surface area contributed by atoms with E-state index in [9.17, 15) is 9.90 Å². The van der Waals surface area contributed by atoms with Gasteiger partial charge < -0.3 is 9.84 Å². The lowest BCUT2D eigenvalue weighted by molar-refractivity contribution is -0.134. The van der Waals surface area contributed by atoms with Crippen LogP contribution >= 0.6 is 11.6 Å². The van der Waals surface area contributed by atoms with Crippen LogP contribution < -0.4 is 0 Å². The Morgan fingerprint density at radius 1 is 1.21 bits per heavy atom. The largest absolute Gasteiger partial charge is 0.466 e. The molecule has 0 saturated heterocycles. The molecule has 0 amide bonds. The van der Waals surface area contributed by atoms with E-state index >= 15 is 0 Å². The second kappa shape index (κ2) is 11.2. The van der Waals surface area contributed by atoms with Crippen molar-refractivity contribution in [3.63, 3.8) is 0 Å². The lowest BCUT2D eigenvalue weighted by Gasteiger charge is -2.33. The van der Waals surface area contributed by atoms with Crippen molar-refractivity contribution in [2.24, 2.45) is 5.92 Å². The number of rotatable bonds is 11. The molecule has 0 saturated carbocycles. The number of aliphatic hydroxyl groups excluding tert-OH is 1. The summed E-state index contributed by atoms with van der Waals surface area (Å²) in [5.74, 6) is -0.361. The van der Waals surface area contributed by atoms with Crippen LogP contribution in [0.3, 0.4) is 0 Å². The van der Waals surface area contributed by atoms with Gasteiger partial charge in [0.05, 0.1) is 13.2 Å². The maximum Gasteiger partial charge on any atom is 0.330 e. The van der Waals surface area contributed by atoms with Crippen LogP contribution in [-0.2, 0) is 16.0 Å². The average molecular weight is 425 g/mol. The molecule has 1 aromatic carbocycles. The Kier molecular flexibility index (Phi) is 9.95. The van der Waals surface area contributed by atoms with Crippen molar-refractivity contribution in [2.75, 3.05) is 7.11 Å². The highest BCUT2D eigenvalue weighted by molar-refractivity contribution is 6.76. The molecule has 0 heterocycles. The Morgan fingerprint density at radius 3 is 2.32 bits per heavy atom. The first kappa shape index (κ1) is 24.9. The van der Waals surface area contributed by atoms with Gasteiger partial charge in [-0.25, -0.2) is 4.79 Å². The molecule has 158 valence electrons.